The number of hydrogen-bond acceptors (Lipinski definition) is 3. The van der Waals surface area contributed by atoms with Crippen LogP contribution in [0.15, 0.2) is 41.4 Å². The topological polar surface area (TPSA) is 47.9 Å². The molecule has 0 spiro atoms. The molecule has 0 amide bonds. The monoisotopic (exact) mass is 463 g/mol. The zero-order valence-electron chi connectivity index (χ0n) is 12.7. The number of halogens is 2. The van der Waals surface area contributed by atoms with E-state index < -0.39 is 6.10 Å². The number of fused-ring (bicyclic) bond motifs is 1. The number of nitrogens with zero attached hydrogens (tertiary/aromatic N) is 2. The Kier molecular flexibility index (Phi) is 6.70. The quantitative estimate of drug-likeness (QED) is 0.415. The van der Waals surface area contributed by atoms with E-state index in [-0.39, 0.29) is 24.0 Å². The number of thiophene rings is 1. The Morgan fingerprint density at radius 3 is 2.87 bits per heavy atom. The van der Waals surface area contributed by atoms with E-state index in [1.807, 2.05) is 12.1 Å². The van der Waals surface area contributed by atoms with Crippen molar-refractivity contribution in [2.24, 2.45) is 4.99 Å². The SMILES string of the molecule is CN=C(NCC(O)c1ccc(Cl)s1)N1CCc2ccccc21.I. The molecule has 2 heterocycles. The minimum absolute atomic E-state index is 0. The zero-order valence-corrected chi connectivity index (χ0v) is 16.6. The highest BCUT2D eigenvalue weighted by Gasteiger charge is 2.23. The Balaban J connectivity index is 0.00000192. The van der Waals surface area contributed by atoms with Crippen LogP contribution in [0.4, 0.5) is 5.69 Å². The second-order valence-electron chi connectivity index (χ2n) is 5.12. The molecule has 124 valence electrons. The van der Waals surface area contributed by atoms with Crippen molar-refractivity contribution in [2.75, 3.05) is 25.0 Å². The highest BCUT2D eigenvalue weighted by atomic mass is 127. The number of anilines is 1. The summed E-state index contributed by atoms with van der Waals surface area (Å²) < 4.78 is 0.687. The summed E-state index contributed by atoms with van der Waals surface area (Å²) >= 11 is 7.31. The molecule has 4 nitrogen and oxygen atoms in total. The lowest BCUT2D eigenvalue weighted by atomic mass is 10.2. The molecule has 0 bridgehead atoms. The fraction of sp³-hybridized carbons (Fsp3) is 0.312. The van der Waals surface area contributed by atoms with E-state index in [1.54, 1.807) is 13.1 Å². The second-order valence-corrected chi connectivity index (χ2v) is 6.86. The van der Waals surface area contributed by atoms with E-state index >= 15 is 0 Å². The lowest BCUT2D eigenvalue weighted by Gasteiger charge is -2.23. The number of benzene rings is 1. The van der Waals surface area contributed by atoms with Gasteiger partial charge in [-0.3, -0.25) is 4.99 Å². The van der Waals surface area contributed by atoms with Crippen molar-refractivity contribution >= 4 is 58.6 Å². The molecule has 1 unspecified atom stereocenters. The van der Waals surface area contributed by atoms with Gasteiger partial charge in [0.05, 0.1) is 4.34 Å². The molecule has 0 saturated heterocycles. The Morgan fingerprint density at radius 2 is 2.17 bits per heavy atom. The Morgan fingerprint density at radius 1 is 1.39 bits per heavy atom. The van der Waals surface area contributed by atoms with Gasteiger partial charge in [0, 0.05) is 30.7 Å². The van der Waals surface area contributed by atoms with E-state index in [1.165, 1.54) is 22.6 Å². The van der Waals surface area contributed by atoms with Gasteiger partial charge in [-0.25, -0.2) is 0 Å². The number of aliphatic hydroxyl groups excluding tert-OH is 1. The second kappa shape index (κ2) is 8.32. The van der Waals surface area contributed by atoms with E-state index in [4.69, 9.17) is 11.6 Å². The zero-order chi connectivity index (χ0) is 15.5. The molecule has 0 aliphatic carbocycles. The van der Waals surface area contributed by atoms with E-state index in [9.17, 15) is 5.11 Å². The molecule has 1 atom stereocenters. The smallest absolute Gasteiger partial charge is 0.198 e. The van der Waals surface area contributed by atoms with Gasteiger partial charge in [0.25, 0.3) is 0 Å². The number of guanidine groups is 1. The van der Waals surface area contributed by atoms with Gasteiger partial charge in [-0.1, -0.05) is 29.8 Å². The van der Waals surface area contributed by atoms with Gasteiger partial charge in [0.1, 0.15) is 6.10 Å². The predicted octanol–water partition coefficient (Wildman–Crippen LogP) is 3.69. The summed E-state index contributed by atoms with van der Waals surface area (Å²) in [4.78, 5) is 7.35. The van der Waals surface area contributed by atoms with Gasteiger partial charge >= 0.3 is 0 Å². The number of aliphatic imine (C=N–C) groups is 1. The molecule has 2 N–H and O–H groups in total. The van der Waals surface area contributed by atoms with E-state index in [0.29, 0.717) is 10.9 Å². The third-order valence-electron chi connectivity index (χ3n) is 3.73. The molecule has 0 radical (unpaired) electrons. The molecule has 1 aliphatic heterocycles. The summed E-state index contributed by atoms with van der Waals surface area (Å²) in [5, 5.41) is 13.5. The van der Waals surface area contributed by atoms with Crippen molar-refractivity contribution in [2.45, 2.75) is 12.5 Å². The molecule has 7 heteroatoms. The Bertz CT molecular complexity index is 691. The van der Waals surface area contributed by atoms with Gasteiger partial charge < -0.3 is 15.3 Å². The third kappa shape index (κ3) is 4.17. The number of hydrogen-bond donors (Lipinski definition) is 2. The maximum atomic E-state index is 10.2. The average Bonchev–Trinajstić information content (AvgIpc) is 3.15. The summed E-state index contributed by atoms with van der Waals surface area (Å²) in [6.45, 7) is 1.31. The summed E-state index contributed by atoms with van der Waals surface area (Å²) in [5.41, 5.74) is 2.51. The van der Waals surface area contributed by atoms with E-state index in [2.05, 4.69) is 33.4 Å². The lowest BCUT2D eigenvalue weighted by Crippen LogP contribution is -2.42. The maximum Gasteiger partial charge on any atom is 0.198 e. The molecular weight excluding hydrogens is 445 g/mol. The van der Waals surface area contributed by atoms with Gasteiger partial charge in [-0.2, -0.15) is 0 Å². The fourth-order valence-electron chi connectivity index (χ4n) is 2.65. The summed E-state index contributed by atoms with van der Waals surface area (Å²) in [5.74, 6) is 0.784. The van der Waals surface area contributed by atoms with Crippen molar-refractivity contribution in [1.82, 2.24) is 5.32 Å². The average molecular weight is 464 g/mol. The molecule has 23 heavy (non-hydrogen) atoms. The normalized spacial score (nSPS) is 15.1. The van der Waals surface area contributed by atoms with Crippen molar-refractivity contribution in [1.29, 1.82) is 0 Å². The van der Waals surface area contributed by atoms with E-state index in [0.717, 1.165) is 23.8 Å². The van der Waals surface area contributed by atoms with Crippen LogP contribution in [0.25, 0.3) is 0 Å². The number of aliphatic hydroxyl groups is 1. The van der Waals surface area contributed by atoms with Crippen LogP contribution in [0.2, 0.25) is 4.34 Å². The molecule has 2 aromatic rings. The molecule has 1 aliphatic rings. The number of para-hydroxylation sites is 1. The first-order chi connectivity index (χ1) is 10.7. The van der Waals surface area contributed by atoms with Gasteiger partial charge in [0.15, 0.2) is 5.96 Å². The van der Waals surface area contributed by atoms with Gasteiger partial charge in [-0.05, 0) is 30.2 Å². The maximum absolute atomic E-state index is 10.2. The number of nitrogens with one attached hydrogen (secondary N) is 1. The van der Waals surface area contributed by atoms with Crippen LogP contribution in [0, 0.1) is 0 Å². The first-order valence-electron chi connectivity index (χ1n) is 7.18. The summed E-state index contributed by atoms with van der Waals surface area (Å²) in [6, 6.07) is 12.0. The van der Waals surface area contributed by atoms with Crippen molar-refractivity contribution in [3.8, 4) is 0 Å². The van der Waals surface area contributed by atoms with Crippen LogP contribution in [0.3, 0.4) is 0 Å². The highest BCUT2D eigenvalue weighted by Crippen LogP contribution is 2.28. The molecule has 1 aromatic heterocycles. The van der Waals surface area contributed by atoms with Crippen LogP contribution in [-0.4, -0.2) is 31.2 Å². The van der Waals surface area contributed by atoms with Crippen LogP contribution in [0.1, 0.15) is 16.5 Å². The standard InChI is InChI=1S/C16H18ClN3OS.HI/c1-18-16(19-10-13(21)14-6-7-15(17)22-14)20-9-8-11-4-2-3-5-12(11)20;/h2-7,13,21H,8-10H2,1H3,(H,18,19);1H. The minimum atomic E-state index is -0.591. The van der Waals surface area contributed by atoms with Crippen LogP contribution in [0.5, 0.6) is 0 Å². The largest absolute Gasteiger partial charge is 0.386 e. The van der Waals surface area contributed by atoms with Crippen molar-refractivity contribution in [3.63, 3.8) is 0 Å². The van der Waals surface area contributed by atoms with Gasteiger partial charge in [-0.15, -0.1) is 35.3 Å². The van der Waals surface area contributed by atoms with Crippen molar-refractivity contribution in [3.05, 3.63) is 51.2 Å². The number of rotatable bonds is 3. The Labute approximate surface area is 162 Å². The minimum Gasteiger partial charge on any atom is -0.386 e. The molecule has 0 saturated carbocycles. The van der Waals surface area contributed by atoms with Crippen molar-refractivity contribution < 1.29 is 5.11 Å². The van der Waals surface area contributed by atoms with Crippen LogP contribution < -0.4 is 10.2 Å². The molecule has 1 aromatic carbocycles. The lowest BCUT2D eigenvalue weighted by molar-refractivity contribution is 0.185. The molecule has 0 fully saturated rings. The van der Waals surface area contributed by atoms with Gasteiger partial charge in [0.2, 0.25) is 0 Å². The fourth-order valence-corrected chi connectivity index (χ4v) is 3.70. The van der Waals surface area contributed by atoms with Crippen LogP contribution >= 0.6 is 46.9 Å². The Hall–Kier alpha value is -0.830. The molecular formula is C16H19ClIN3OS. The third-order valence-corrected chi connectivity index (χ3v) is 5.06. The highest BCUT2D eigenvalue weighted by molar-refractivity contribution is 14.0. The predicted molar refractivity (Wildman–Crippen MR) is 109 cm³/mol. The summed E-state index contributed by atoms with van der Waals surface area (Å²) in [7, 11) is 1.76. The molecule has 3 rings (SSSR count). The first kappa shape index (κ1) is 18.5. The first-order valence-corrected chi connectivity index (χ1v) is 8.38. The van der Waals surface area contributed by atoms with Crippen LogP contribution in [-0.2, 0) is 6.42 Å². The summed E-state index contributed by atoms with van der Waals surface area (Å²) in [6.07, 6.45) is 0.423.